The Morgan fingerprint density at radius 3 is 3.00 bits per heavy atom. The number of hydrogen-bond acceptors (Lipinski definition) is 4. The maximum atomic E-state index is 5.19. The van der Waals surface area contributed by atoms with Gasteiger partial charge in [-0.05, 0) is 53.3 Å². The van der Waals surface area contributed by atoms with Crippen LogP contribution in [-0.2, 0) is 0 Å². The van der Waals surface area contributed by atoms with Crippen molar-refractivity contribution < 1.29 is 0 Å². The summed E-state index contributed by atoms with van der Waals surface area (Å²) in [7, 11) is 0. The topological polar surface area (TPSA) is 63.3 Å². The molecule has 0 aromatic carbocycles. The summed E-state index contributed by atoms with van der Waals surface area (Å²) in [4.78, 5) is 1.00. The maximum Gasteiger partial charge on any atom is 0.184 e. The Kier molecular flexibility index (Phi) is 4.00. The Labute approximate surface area is 98.9 Å². The molecule has 1 aromatic heterocycles. The Morgan fingerprint density at radius 2 is 2.54 bits per heavy atom. The quantitative estimate of drug-likeness (QED) is 0.371. The van der Waals surface area contributed by atoms with Crippen molar-refractivity contribution in [3.05, 3.63) is 14.1 Å². The van der Waals surface area contributed by atoms with Crippen molar-refractivity contribution in [1.29, 1.82) is 0 Å². The van der Waals surface area contributed by atoms with Crippen molar-refractivity contribution in [2.24, 2.45) is 10.8 Å². The van der Waals surface area contributed by atoms with E-state index in [-0.39, 0.29) is 5.11 Å². The lowest BCUT2D eigenvalue weighted by atomic mass is 10.4. The highest BCUT2D eigenvalue weighted by Crippen LogP contribution is 2.17. The molecule has 0 aliphatic heterocycles. The first-order valence-corrected chi connectivity index (χ1v) is 5.57. The number of thiocarbonyl (C=S) groups is 1. The Balaban J connectivity index is 2.69. The molecule has 13 heavy (non-hydrogen) atoms. The van der Waals surface area contributed by atoms with Gasteiger partial charge in [0.2, 0.25) is 0 Å². The standard InChI is InChI=1S/C6H7IN4S2/c1-3-5(7)4(13-11-3)2-9-10-6(8)12/h2H,1H3,(H3,8,10,12)/b9-2+. The van der Waals surface area contributed by atoms with Crippen LogP contribution < -0.4 is 11.2 Å². The van der Waals surface area contributed by atoms with Gasteiger partial charge in [0.25, 0.3) is 0 Å². The van der Waals surface area contributed by atoms with Crippen LogP contribution in [0.25, 0.3) is 0 Å². The van der Waals surface area contributed by atoms with Crippen LogP contribution in [-0.4, -0.2) is 15.7 Å². The molecule has 1 aromatic rings. The Morgan fingerprint density at radius 1 is 1.85 bits per heavy atom. The molecule has 0 saturated heterocycles. The fourth-order valence-corrected chi connectivity index (χ4v) is 2.04. The number of hydrogen-bond donors (Lipinski definition) is 2. The lowest BCUT2D eigenvalue weighted by molar-refractivity contribution is 1.04. The van der Waals surface area contributed by atoms with Gasteiger partial charge in [0.1, 0.15) is 0 Å². The van der Waals surface area contributed by atoms with E-state index in [1.54, 1.807) is 6.21 Å². The first-order chi connectivity index (χ1) is 6.11. The van der Waals surface area contributed by atoms with Crippen molar-refractivity contribution in [2.75, 3.05) is 0 Å². The minimum absolute atomic E-state index is 0.160. The SMILES string of the molecule is Cc1nsc(/C=N/NC(N)=S)c1I. The van der Waals surface area contributed by atoms with Gasteiger partial charge >= 0.3 is 0 Å². The maximum absolute atomic E-state index is 5.19. The molecule has 3 N–H and O–H groups in total. The lowest BCUT2D eigenvalue weighted by Gasteiger charge is -1.92. The van der Waals surface area contributed by atoms with Crippen molar-refractivity contribution in [2.45, 2.75) is 6.92 Å². The van der Waals surface area contributed by atoms with Crippen molar-refractivity contribution >= 4 is 57.7 Å². The van der Waals surface area contributed by atoms with Crippen LogP contribution in [0.3, 0.4) is 0 Å². The second kappa shape index (κ2) is 4.82. The molecule has 0 saturated carbocycles. The van der Waals surface area contributed by atoms with E-state index in [9.17, 15) is 0 Å². The molecule has 0 fully saturated rings. The van der Waals surface area contributed by atoms with E-state index in [1.165, 1.54) is 11.5 Å². The van der Waals surface area contributed by atoms with Gasteiger partial charge < -0.3 is 5.73 Å². The number of aryl methyl sites for hydroxylation is 1. The average Bonchev–Trinajstić information content (AvgIpc) is 2.35. The molecular weight excluding hydrogens is 319 g/mol. The summed E-state index contributed by atoms with van der Waals surface area (Å²) in [6.07, 6.45) is 1.66. The minimum atomic E-state index is 0.160. The first-order valence-electron chi connectivity index (χ1n) is 3.31. The fourth-order valence-electron chi connectivity index (χ4n) is 0.611. The zero-order chi connectivity index (χ0) is 9.84. The molecule has 0 unspecified atom stereocenters. The summed E-state index contributed by atoms with van der Waals surface area (Å²) in [5.74, 6) is 0. The highest BCUT2D eigenvalue weighted by molar-refractivity contribution is 14.1. The largest absolute Gasteiger partial charge is 0.375 e. The van der Waals surface area contributed by atoms with Gasteiger partial charge in [-0.3, -0.25) is 5.43 Å². The number of rotatable bonds is 2. The molecule has 0 atom stereocenters. The van der Waals surface area contributed by atoms with Crippen molar-refractivity contribution in [1.82, 2.24) is 9.80 Å². The van der Waals surface area contributed by atoms with E-state index in [2.05, 4.69) is 49.7 Å². The van der Waals surface area contributed by atoms with Crippen LogP contribution in [0.15, 0.2) is 5.10 Å². The zero-order valence-corrected chi connectivity index (χ0v) is 10.5. The number of nitrogens with one attached hydrogen (secondary N) is 1. The summed E-state index contributed by atoms with van der Waals surface area (Å²) < 4.78 is 5.27. The lowest BCUT2D eigenvalue weighted by Crippen LogP contribution is -2.23. The second-order valence-corrected chi connectivity index (χ2v) is 4.50. The molecule has 0 spiro atoms. The fraction of sp³-hybridized carbons (Fsp3) is 0.167. The molecule has 7 heteroatoms. The van der Waals surface area contributed by atoms with Gasteiger partial charge in [0.15, 0.2) is 5.11 Å². The molecule has 0 aliphatic carbocycles. The molecule has 70 valence electrons. The number of nitrogens with two attached hydrogens (primary N) is 1. The Hall–Kier alpha value is -0.280. The zero-order valence-electron chi connectivity index (χ0n) is 6.74. The van der Waals surface area contributed by atoms with Gasteiger partial charge in [-0.2, -0.15) is 9.47 Å². The summed E-state index contributed by atoms with van der Waals surface area (Å²) in [5.41, 5.74) is 8.69. The van der Waals surface area contributed by atoms with Crippen molar-refractivity contribution in [3.63, 3.8) is 0 Å². The molecule has 0 radical (unpaired) electrons. The van der Waals surface area contributed by atoms with E-state index in [4.69, 9.17) is 5.73 Å². The van der Waals surface area contributed by atoms with Crippen LogP contribution in [0.2, 0.25) is 0 Å². The minimum Gasteiger partial charge on any atom is -0.375 e. The number of halogens is 1. The predicted octanol–water partition coefficient (Wildman–Crippen LogP) is 1.22. The van der Waals surface area contributed by atoms with Gasteiger partial charge in [-0.25, -0.2) is 0 Å². The highest BCUT2D eigenvalue weighted by Gasteiger charge is 2.03. The van der Waals surface area contributed by atoms with Crippen LogP contribution in [0.4, 0.5) is 0 Å². The molecule has 4 nitrogen and oxygen atoms in total. The Bertz CT molecular complexity index is 346. The predicted molar refractivity (Wildman–Crippen MR) is 67.1 cm³/mol. The average molecular weight is 326 g/mol. The summed E-state index contributed by atoms with van der Waals surface area (Å²) >= 11 is 8.21. The molecule has 1 rings (SSSR count). The normalized spacial score (nSPS) is 10.6. The molecule has 0 aliphatic rings. The van der Waals surface area contributed by atoms with Crippen LogP contribution in [0.5, 0.6) is 0 Å². The van der Waals surface area contributed by atoms with E-state index in [1.807, 2.05) is 6.92 Å². The molecular formula is C6H7IN4S2. The number of aromatic nitrogens is 1. The third kappa shape index (κ3) is 3.16. The summed E-state index contributed by atoms with van der Waals surface area (Å²) in [6, 6.07) is 0. The van der Waals surface area contributed by atoms with E-state index >= 15 is 0 Å². The van der Waals surface area contributed by atoms with Crippen LogP contribution in [0, 0.1) is 10.5 Å². The van der Waals surface area contributed by atoms with E-state index in [0.29, 0.717) is 0 Å². The number of hydrazone groups is 1. The third-order valence-corrected chi connectivity index (χ3v) is 3.86. The van der Waals surface area contributed by atoms with Crippen LogP contribution in [0.1, 0.15) is 10.6 Å². The monoisotopic (exact) mass is 326 g/mol. The molecule has 0 amide bonds. The first kappa shape index (κ1) is 10.8. The van der Waals surface area contributed by atoms with Crippen molar-refractivity contribution in [3.8, 4) is 0 Å². The summed E-state index contributed by atoms with van der Waals surface area (Å²) in [5, 5.41) is 4.00. The second-order valence-electron chi connectivity index (χ2n) is 2.18. The van der Waals surface area contributed by atoms with Gasteiger partial charge in [0, 0.05) is 0 Å². The third-order valence-electron chi connectivity index (χ3n) is 1.17. The van der Waals surface area contributed by atoms with Gasteiger partial charge in [-0.15, -0.1) is 0 Å². The van der Waals surface area contributed by atoms with E-state index in [0.717, 1.165) is 14.1 Å². The van der Waals surface area contributed by atoms with Crippen LogP contribution >= 0.6 is 46.3 Å². The summed E-state index contributed by atoms with van der Waals surface area (Å²) in [6.45, 7) is 1.95. The smallest absolute Gasteiger partial charge is 0.184 e. The molecule has 1 heterocycles. The van der Waals surface area contributed by atoms with E-state index < -0.39 is 0 Å². The van der Waals surface area contributed by atoms with Gasteiger partial charge in [-0.1, -0.05) is 0 Å². The number of nitrogens with zero attached hydrogens (tertiary/aromatic N) is 2. The molecule has 0 bridgehead atoms. The highest BCUT2D eigenvalue weighted by atomic mass is 127. The van der Waals surface area contributed by atoms with Gasteiger partial charge in [0.05, 0.1) is 20.4 Å².